The zero-order chi connectivity index (χ0) is 30.1. The molecule has 2 amide bonds. The quantitative estimate of drug-likeness (QED) is 0.266. The molecular formula is C24H13BrF10N2O3. The van der Waals surface area contributed by atoms with Crippen LogP contribution in [0.3, 0.4) is 0 Å². The average molecular weight is 647 g/mol. The van der Waals surface area contributed by atoms with E-state index in [2.05, 4.69) is 26.0 Å². The second-order valence-corrected chi connectivity index (χ2v) is 8.74. The Morgan fingerprint density at radius 2 is 1.23 bits per heavy atom. The van der Waals surface area contributed by atoms with E-state index in [1.807, 2.05) is 5.32 Å². The van der Waals surface area contributed by atoms with E-state index in [0.29, 0.717) is 0 Å². The number of amides is 2. The number of hydrogen-bond acceptors (Lipinski definition) is 3. The first kappa shape index (κ1) is 30.7. The number of anilines is 2. The Labute approximate surface area is 226 Å². The fourth-order valence-electron chi connectivity index (χ4n) is 3.31. The molecule has 0 spiro atoms. The van der Waals surface area contributed by atoms with Crippen LogP contribution in [0.2, 0.25) is 0 Å². The average Bonchev–Trinajstić information content (AvgIpc) is 2.83. The fourth-order valence-corrected chi connectivity index (χ4v) is 3.85. The predicted molar refractivity (Wildman–Crippen MR) is 125 cm³/mol. The van der Waals surface area contributed by atoms with Gasteiger partial charge in [-0.2, -0.15) is 26.3 Å². The topological polar surface area (TPSA) is 67.4 Å². The highest BCUT2D eigenvalue weighted by Gasteiger charge is 2.73. The molecule has 0 aliphatic rings. The molecule has 0 aliphatic carbocycles. The second kappa shape index (κ2) is 11.0. The maximum atomic E-state index is 14.5. The number of carbonyl (C=O) groups excluding carboxylic acids is 2. The Balaban J connectivity index is 2.00. The van der Waals surface area contributed by atoms with E-state index in [1.54, 1.807) is 18.2 Å². The van der Waals surface area contributed by atoms with Gasteiger partial charge in [0.1, 0.15) is 0 Å². The molecule has 0 fully saturated rings. The van der Waals surface area contributed by atoms with E-state index < -0.39 is 63.7 Å². The van der Waals surface area contributed by atoms with Crippen molar-refractivity contribution in [1.29, 1.82) is 0 Å². The number of benzene rings is 3. The van der Waals surface area contributed by atoms with Crippen molar-refractivity contribution < 1.29 is 58.2 Å². The van der Waals surface area contributed by atoms with Gasteiger partial charge in [-0.25, -0.2) is 4.39 Å². The second-order valence-electron chi connectivity index (χ2n) is 7.89. The highest BCUT2D eigenvalue weighted by atomic mass is 79.9. The molecule has 0 aliphatic heterocycles. The Bertz CT molecular complexity index is 1390. The minimum absolute atomic E-state index is 0.0558. The van der Waals surface area contributed by atoms with Gasteiger partial charge in [0.15, 0.2) is 5.75 Å². The zero-order valence-corrected chi connectivity index (χ0v) is 20.8. The third-order valence-electron chi connectivity index (χ3n) is 5.12. The Morgan fingerprint density at radius 3 is 1.77 bits per heavy atom. The molecule has 214 valence electrons. The standard InChI is InChI=1S/C24H13BrF10N2O3/c25-16-10-14(21(26,22(27,28)29)23(30,31)32)11-17(40-24(33,34)35)18(16)37-20(39)13-7-4-8-15(9-13)36-19(38)12-5-2-1-3-6-12/h1-11H,(H,36,38)(H,37,39). The van der Waals surface area contributed by atoms with Gasteiger partial charge >= 0.3 is 24.4 Å². The molecular weight excluding hydrogens is 634 g/mol. The van der Waals surface area contributed by atoms with E-state index in [1.165, 1.54) is 24.3 Å². The van der Waals surface area contributed by atoms with Gasteiger partial charge in [0, 0.05) is 26.9 Å². The molecule has 0 saturated carbocycles. The summed E-state index contributed by atoms with van der Waals surface area (Å²) in [6.45, 7) is 0. The van der Waals surface area contributed by atoms with Crippen LogP contribution in [0.1, 0.15) is 26.3 Å². The summed E-state index contributed by atoms with van der Waals surface area (Å²) in [6.07, 6.45) is -18.9. The van der Waals surface area contributed by atoms with Gasteiger partial charge in [-0.15, -0.1) is 13.2 Å². The largest absolute Gasteiger partial charge is 0.573 e. The lowest BCUT2D eigenvalue weighted by atomic mass is 9.93. The molecule has 40 heavy (non-hydrogen) atoms. The molecule has 2 N–H and O–H groups in total. The maximum Gasteiger partial charge on any atom is 0.573 e. The van der Waals surface area contributed by atoms with Crippen LogP contribution in [0, 0.1) is 0 Å². The minimum atomic E-state index is -6.63. The van der Waals surface area contributed by atoms with Crippen molar-refractivity contribution in [2.24, 2.45) is 0 Å². The first-order valence-corrected chi connectivity index (χ1v) is 11.3. The normalized spacial score (nSPS) is 12.6. The number of carbonyl (C=O) groups is 2. The lowest BCUT2D eigenvalue weighted by molar-refractivity contribution is -0.348. The minimum Gasteiger partial charge on any atom is -0.404 e. The Kier molecular flexibility index (Phi) is 8.43. The van der Waals surface area contributed by atoms with E-state index in [9.17, 15) is 53.5 Å². The van der Waals surface area contributed by atoms with Crippen LogP contribution in [-0.2, 0) is 5.67 Å². The first-order valence-electron chi connectivity index (χ1n) is 10.5. The summed E-state index contributed by atoms with van der Waals surface area (Å²) in [7, 11) is 0. The lowest BCUT2D eigenvalue weighted by Crippen LogP contribution is -2.50. The summed E-state index contributed by atoms with van der Waals surface area (Å²) in [5.41, 5.74) is -9.43. The lowest BCUT2D eigenvalue weighted by Gasteiger charge is -2.31. The van der Waals surface area contributed by atoms with Crippen molar-refractivity contribution in [3.8, 4) is 5.75 Å². The molecule has 0 unspecified atom stereocenters. The third-order valence-corrected chi connectivity index (χ3v) is 5.74. The molecule has 0 saturated heterocycles. The first-order chi connectivity index (χ1) is 18.3. The van der Waals surface area contributed by atoms with Crippen LogP contribution in [0.5, 0.6) is 5.75 Å². The van der Waals surface area contributed by atoms with Gasteiger partial charge in [-0.05, 0) is 58.4 Å². The van der Waals surface area contributed by atoms with Crippen molar-refractivity contribution in [3.05, 3.63) is 87.9 Å². The van der Waals surface area contributed by atoms with E-state index in [4.69, 9.17) is 0 Å². The number of hydrogen-bond donors (Lipinski definition) is 2. The number of rotatable bonds is 6. The molecule has 3 rings (SSSR count). The molecule has 16 heteroatoms. The molecule has 3 aromatic rings. The Morgan fingerprint density at radius 1 is 0.675 bits per heavy atom. The summed E-state index contributed by atoms with van der Waals surface area (Å²) in [5.74, 6) is -3.56. The maximum absolute atomic E-state index is 14.5. The molecule has 0 aromatic heterocycles. The summed E-state index contributed by atoms with van der Waals surface area (Å²) in [4.78, 5) is 25.1. The van der Waals surface area contributed by atoms with Gasteiger partial charge in [0.25, 0.3) is 11.8 Å². The summed E-state index contributed by atoms with van der Waals surface area (Å²) in [5, 5.41) is 4.34. The summed E-state index contributed by atoms with van der Waals surface area (Å²) >= 11 is 2.49. The predicted octanol–water partition coefficient (Wildman–Crippen LogP) is 8.14. The van der Waals surface area contributed by atoms with Crippen LogP contribution in [0.15, 0.2) is 71.2 Å². The number of nitrogens with one attached hydrogen (secondary N) is 2. The monoisotopic (exact) mass is 646 g/mol. The van der Waals surface area contributed by atoms with Crippen LogP contribution >= 0.6 is 15.9 Å². The molecule has 0 atom stereocenters. The van der Waals surface area contributed by atoms with Gasteiger partial charge in [-0.3, -0.25) is 9.59 Å². The van der Waals surface area contributed by atoms with E-state index >= 15 is 0 Å². The SMILES string of the molecule is O=C(Nc1cccc(C(=O)Nc2c(Br)cc(C(F)(C(F)(F)F)C(F)(F)F)cc2OC(F)(F)F)c1)c1ccccc1. The van der Waals surface area contributed by atoms with E-state index in [0.717, 1.165) is 12.1 Å². The van der Waals surface area contributed by atoms with Gasteiger partial charge in [0.05, 0.1) is 5.69 Å². The van der Waals surface area contributed by atoms with Crippen molar-refractivity contribution in [3.63, 3.8) is 0 Å². The van der Waals surface area contributed by atoms with Crippen molar-refractivity contribution in [2.45, 2.75) is 24.4 Å². The molecule has 0 heterocycles. The van der Waals surface area contributed by atoms with Crippen molar-refractivity contribution in [2.75, 3.05) is 10.6 Å². The van der Waals surface area contributed by atoms with Crippen LogP contribution in [0.4, 0.5) is 55.3 Å². The van der Waals surface area contributed by atoms with Gasteiger partial charge in [0.2, 0.25) is 0 Å². The van der Waals surface area contributed by atoms with Crippen molar-refractivity contribution >= 4 is 39.1 Å². The van der Waals surface area contributed by atoms with Gasteiger partial charge in [-0.1, -0.05) is 24.3 Å². The highest BCUT2D eigenvalue weighted by Crippen LogP contribution is 2.55. The van der Waals surface area contributed by atoms with E-state index in [-0.39, 0.29) is 22.9 Å². The smallest absolute Gasteiger partial charge is 0.404 e. The molecule has 0 bridgehead atoms. The molecule has 5 nitrogen and oxygen atoms in total. The van der Waals surface area contributed by atoms with Crippen molar-refractivity contribution in [1.82, 2.24) is 0 Å². The fraction of sp³-hybridized carbons (Fsp3) is 0.167. The summed E-state index contributed by atoms with van der Waals surface area (Å²) in [6, 6.07) is 12.1. The molecule has 3 aromatic carbocycles. The van der Waals surface area contributed by atoms with Crippen LogP contribution in [-0.4, -0.2) is 30.5 Å². The van der Waals surface area contributed by atoms with Gasteiger partial charge < -0.3 is 15.4 Å². The van der Waals surface area contributed by atoms with Crippen LogP contribution in [0.25, 0.3) is 0 Å². The number of halogens is 11. The zero-order valence-electron chi connectivity index (χ0n) is 19.2. The molecule has 0 radical (unpaired) electrons. The number of ether oxygens (including phenoxy) is 1. The Hall–Kier alpha value is -3.82. The number of alkyl halides is 10. The third kappa shape index (κ3) is 6.66. The van der Waals surface area contributed by atoms with Crippen LogP contribution < -0.4 is 15.4 Å². The summed E-state index contributed by atoms with van der Waals surface area (Å²) < 4.78 is 135. The highest BCUT2D eigenvalue weighted by molar-refractivity contribution is 9.10.